The number of para-hydroxylation sites is 1. The van der Waals surface area contributed by atoms with Crippen LogP contribution in [0.2, 0.25) is 0 Å². The molecule has 3 aromatic carbocycles. The minimum atomic E-state index is -4.99. The van der Waals surface area contributed by atoms with Gasteiger partial charge in [0.1, 0.15) is 67.3 Å². The Morgan fingerprint density at radius 1 is 0.438 bits per heavy atom. The number of nitrogens with zero attached hydrogens (tertiary/aromatic N) is 2. The first-order chi connectivity index (χ1) is 61.9. The zero-order valence-corrected chi connectivity index (χ0v) is 75.5. The molecule has 0 saturated heterocycles. The number of carbonyl (C=O) groups is 16. The third-order valence-electron chi connectivity index (χ3n) is 20.8. The molecular formula is C88H131N13O28S. The van der Waals surface area contributed by atoms with E-state index in [0.29, 0.717) is 41.3 Å². The van der Waals surface area contributed by atoms with Crippen molar-refractivity contribution in [2.24, 2.45) is 11.7 Å². The first-order valence-corrected chi connectivity index (χ1v) is 45.3. The largest absolute Gasteiger partial charge is 0.481 e. The summed E-state index contributed by atoms with van der Waals surface area (Å²) in [5, 5.41) is 61.7. The molecule has 41 nitrogen and oxygen atoms in total. The van der Waals surface area contributed by atoms with Crippen molar-refractivity contribution in [1.82, 2.24) is 62.6 Å². The van der Waals surface area contributed by atoms with Crippen LogP contribution in [0.3, 0.4) is 0 Å². The molecule has 0 aliphatic heterocycles. The van der Waals surface area contributed by atoms with Gasteiger partial charge in [-0.3, -0.25) is 76.5 Å². The van der Waals surface area contributed by atoms with Crippen LogP contribution in [0.25, 0.3) is 10.9 Å². The number of benzene rings is 3. The number of aromatic amines is 1. The summed E-state index contributed by atoms with van der Waals surface area (Å²) in [4.78, 5) is 216. The van der Waals surface area contributed by atoms with Gasteiger partial charge in [-0.25, -0.2) is 4.79 Å². The van der Waals surface area contributed by atoms with E-state index in [2.05, 4.69) is 57.0 Å². The highest BCUT2D eigenvalue weighted by molar-refractivity contribution is 7.81. The molecular weight excluding hydrogens is 1720 g/mol. The number of fused-ring (bicyclic) bond motifs is 1. The van der Waals surface area contributed by atoms with Crippen molar-refractivity contribution < 1.29 is 133 Å². The zero-order chi connectivity index (χ0) is 95.9. The number of rotatable bonds is 71. The van der Waals surface area contributed by atoms with E-state index in [1.807, 2.05) is 6.92 Å². The lowest BCUT2D eigenvalue weighted by atomic mass is 10.0. The van der Waals surface area contributed by atoms with Gasteiger partial charge in [-0.15, -0.1) is 0 Å². The Labute approximate surface area is 756 Å². The SMILES string of the molecule is CCCC[C@H](NC(=O)[C@H](Cc1c[nH]c2ccccc12)NC(=O)CNC(=O)[C@H](CC(C)C)NC(=O)[C@H](Cc1ccc(OS(=O)(=O)O)cc1)NC(=O)[C@H](CC(=O)O)NC(=O)COCCOCCNC(=O)COCCOCCNC(=O)CC[C@H](NC(=O)CCCCCCCCCCCCCCCCC(=O)O)C(=O)O)C(=O)N(C)[C@H](CC(=O)O)C(=O)N(C)[C@@H](Cc1ccccc1)C(N)=O. The predicted molar refractivity (Wildman–Crippen MR) is 473 cm³/mol. The average molecular weight is 1850 g/mol. The third-order valence-corrected chi connectivity index (χ3v) is 21.2. The number of likely N-dealkylation sites (N-methyl/N-ethyl adjacent to an activating group) is 2. The predicted octanol–water partition coefficient (Wildman–Crippen LogP) is 3.22. The molecule has 1 aromatic heterocycles. The van der Waals surface area contributed by atoms with E-state index in [9.17, 15) is 105 Å². The lowest BCUT2D eigenvalue weighted by Gasteiger charge is -2.35. The first kappa shape index (κ1) is 111. The fraction of sp³-hybridized carbons (Fsp3) is 0.591. The van der Waals surface area contributed by atoms with Gasteiger partial charge in [-0.2, -0.15) is 8.42 Å². The van der Waals surface area contributed by atoms with Crippen molar-refractivity contribution in [3.63, 3.8) is 0 Å². The van der Waals surface area contributed by atoms with Gasteiger partial charge in [0, 0.05) is 82.8 Å². The van der Waals surface area contributed by atoms with Gasteiger partial charge in [0.25, 0.3) is 0 Å². The number of primary amides is 1. The number of aliphatic carboxylic acids is 4. The van der Waals surface area contributed by atoms with E-state index >= 15 is 0 Å². The van der Waals surface area contributed by atoms with Gasteiger partial charge in [-0.05, 0) is 72.9 Å². The van der Waals surface area contributed by atoms with Crippen LogP contribution in [-0.4, -0.2) is 278 Å². The summed E-state index contributed by atoms with van der Waals surface area (Å²) in [6.07, 6.45) is 14.2. The number of hydrogen-bond donors (Lipinski definition) is 16. The average Bonchev–Trinajstić information content (AvgIpc) is 1.77. The molecule has 0 saturated carbocycles. The van der Waals surface area contributed by atoms with E-state index in [4.69, 9.17) is 29.8 Å². The van der Waals surface area contributed by atoms with Gasteiger partial charge in [0.15, 0.2) is 0 Å². The number of carboxylic acid groups (broad SMARTS) is 4. The molecule has 0 aliphatic carbocycles. The van der Waals surface area contributed by atoms with Crippen LogP contribution in [0.4, 0.5) is 0 Å². The van der Waals surface area contributed by atoms with Gasteiger partial charge in [-0.1, -0.05) is 171 Å². The smallest absolute Gasteiger partial charge is 0.446 e. The van der Waals surface area contributed by atoms with Crippen LogP contribution in [0.5, 0.6) is 5.75 Å². The molecule has 17 N–H and O–H groups in total. The van der Waals surface area contributed by atoms with Crippen molar-refractivity contribution in [2.45, 2.75) is 242 Å². The number of nitrogens with two attached hydrogens (primary N) is 1. The molecule has 0 bridgehead atoms. The molecule has 8 atom stereocenters. The summed E-state index contributed by atoms with van der Waals surface area (Å²) in [6.45, 7) is 3.30. The van der Waals surface area contributed by atoms with Crippen LogP contribution in [0, 0.1) is 5.92 Å². The summed E-state index contributed by atoms with van der Waals surface area (Å²) < 4.78 is 58.4. The van der Waals surface area contributed by atoms with Gasteiger partial charge < -0.3 is 112 Å². The summed E-state index contributed by atoms with van der Waals surface area (Å²) >= 11 is 0. The second-order valence-corrected chi connectivity index (χ2v) is 32.9. The van der Waals surface area contributed by atoms with Crippen molar-refractivity contribution in [1.29, 1.82) is 0 Å². The Kier molecular flexibility index (Phi) is 52.5. The van der Waals surface area contributed by atoms with Crippen molar-refractivity contribution >= 4 is 116 Å². The number of ether oxygens (including phenoxy) is 4. The molecule has 1 heterocycles. The third kappa shape index (κ3) is 46.5. The number of aromatic nitrogens is 1. The second-order valence-electron chi connectivity index (χ2n) is 31.9. The summed E-state index contributed by atoms with van der Waals surface area (Å²) in [7, 11) is -2.56. The van der Waals surface area contributed by atoms with Gasteiger partial charge in [0.05, 0.1) is 59.0 Å². The standard InChI is InChI=1S/C88H131N13O28S/c1-6-7-30-65(86(118)101(5)72(53-80(111)112)87(119)100(4)71(81(89)113)50-59-27-21-20-22-28-59)97-84(116)69(51-61-54-92-64-31-26-25-29-63(61)64)95-75(104)55-93-82(114)67(48-58(2)3)98-83(115)68(49-60-34-36-62(37-35-60)129-130(122,123)124)99-85(117)70(52-79(109)110)96-77(106)57-128-47-45-126-43-41-91-76(105)56-127-46-44-125-42-40-90-73(102)39-38-66(88(120)121)94-74(103)32-23-18-16-14-12-10-8-9-11-13-15-17-19-24-33-78(107)108/h20-22,25-29,31,34-37,54,58,65-72,92H,6-19,23-24,30,32-33,38-53,55-57H2,1-5H3,(H2,89,113)(H,90,102)(H,91,105)(H,93,114)(H,94,103)(H,95,104)(H,96,106)(H,97,116)(H,98,115)(H,99,117)(H,107,108)(H,109,110)(H,111,112)(H,120,121)(H,122,123,124)/t65-,66-,67-,68-,69-,70-,71-,72+/m0/s1. The van der Waals surface area contributed by atoms with E-state index in [0.717, 1.165) is 79.7 Å². The summed E-state index contributed by atoms with van der Waals surface area (Å²) in [5.41, 5.74) is 7.78. The lowest BCUT2D eigenvalue weighted by Crippen LogP contribution is -2.60. The number of hydrogen-bond acceptors (Lipinski definition) is 23. The monoisotopic (exact) mass is 1850 g/mol. The number of unbranched alkanes of at least 4 members (excludes halogenated alkanes) is 14. The summed E-state index contributed by atoms with van der Waals surface area (Å²) in [5.74, 6) is -15.9. The fourth-order valence-electron chi connectivity index (χ4n) is 13.8. The Bertz CT molecular complexity index is 4390. The molecule has 0 radical (unpaired) electrons. The maximum atomic E-state index is 14.8. The number of carboxylic acids is 4. The number of H-pyrrole nitrogens is 1. The highest BCUT2D eigenvalue weighted by Crippen LogP contribution is 2.23. The molecule has 0 aliphatic rings. The van der Waals surface area contributed by atoms with Crippen LogP contribution in [0.15, 0.2) is 85.1 Å². The maximum absolute atomic E-state index is 14.8. The van der Waals surface area contributed by atoms with E-state index in [-0.39, 0.29) is 134 Å². The Balaban J connectivity index is 1.27. The maximum Gasteiger partial charge on any atom is 0.446 e. The van der Waals surface area contributed by atoms with Gasteiger partial charge >= 0.3 is 34.3 Å². The number of carbonyl (C=O) groups excluding carboxylic acids is 12. The molecule has 42 heteroatoms. The normalized spacial score (nSPS) is 13.1. The van der Waals surface area contributed by atoms with Crippen molar-refractivity contribution in [2.75, 3.05) is 86.6 Å². The van der Waals surface area contributed by atoms with Gasteiger partial charge in [0.2, 0.25) is 70.9 Å². The molecule has 722 valence electrons. The highest BCUT2D eigenvalue weighted by atomic mass is 32.3. The Morgan fingerprint density at radius 3 is 1.48 bits per heavy atom. The van der Waals surface area contributed by atoms with E-state index in [1.54, 1.807) is 74.6 Å². The molecule has 4 rings (SSSR count). The molecule has 0 fully saturated rings. The van der Waals surface area contributed by atoms with Crippen LogP contribution in [0.1, 0.15) is 192 Å². The topological polar surface area (TPSA) is 611 Å². The zero-order valence-electron chi connectivity index (χ0n) is 74.7. The second kappa shape index (κ2) is 61.7. The summed E-state index contributed by atoms with van der Waals surface area (Å²) in [6, 6.07) is 8.05. The van der Waals surface area contributed by atoms with Crippen LogP contribution in [-0.2, 0) is 125 Å². The molecule has 0 spiro atoms. The quantitative estimate of drug-likeness (QED) is 0.0223. The van der Waals surface area contributed by atoms with Crippen LogP contribution >= 0.6 is 0 Å². The number of nitrogens with one attached hydrogen (secondary N) is 10. The van der Waals surface area contributed by atoms with E-state index < -0.39 is 180 Å². The minimum absolute atomic E-state index is 0.0103. The Morgan fingerprint density at radius 2 is 0.931 bits per heavy atom. The highest BCUT2D eigenvalue weighted by Gasteiger charge is 2.40. The van der Waals surface area contributed by atoms with Crippen molar-refractivity contribution in [3.8, 4) is 5.75 Å². The first-order valence-electron chi connectivity index (χ1n) is 43.9. The minimum Gasteiger partial charge on any atom is -0.481 e. The number of amides is 12. The lowest BCUT2D eigenvalue weighted by molar-refractivity contribution is -0.152. The molecule has 4 aromatic rings. The van der Waals surface area contributed by atoms with Crippen LogP contribution < -0.4 is 57.8 Å². The molecule has 0 unspecified atom stereocenters. The fourth-order valence-corrected chi connectivity index (χ4v) is 14.2. The Hall–Kier alpha value is -11.7. The van der Waals surface area contributed by atoms with Crippen molar-refractivity contribution in [3.05, 3.63) is 102 Å². The molecule has 12 amide bonds. The molecule has 130 heavy (non-hydrogen) atoms. The van der Waals surface area contributed by atoms with E-state index in [1.165, 1.54) is 51.9 Å².